The number of ether oxygens (including phenoxy) is 1. The van der Waals surface area contributed by atoms with Crippen LogP contribution in [0.2, 0.25) is 0 Å². The van der Waals surface area contributed by atoms with Crippen molar-refractivity contribution in [2.75, 3.05) is 25.6 Å². The second kappa shape index (κ2) is 5.14. The second-order valence-corrected chi connectivity index (χ2v) is 5.70. The van der Waals surface area contributed by atoms with E-state index in [-0.39, 0.29) is 0 Å². The molecule has 1 aliphatic carbocycles. The number of benzene rings is 1. The molecular weight excluding hydrogens is 244 g/mol. The van der Waals surface area contributed by atoms with Crippen molar-refractivity contribution in [3.05, 3.63) is 24.3 Å². The fraction of sp³-hybridized carbons (Fsp3) is 0.500. The van der Waals surface area contributed by atoms with Gasteiger partial charge in [-0.2, -0.15) is 0 Å². The lowest BCUT2D eigenvalue weighted by molar-refractivity contribution is 0.413. The lowest BCUT2D eigenvalue weighted by Gasteiger charge is -2.26. The summed E-state index contributed by atoms with van der Waals surface area (Å²) in [5.74, 6) is 0.908. The molecule has 1 aromatic rings. The smallest absolute Gasteiger partial charge is 0.142 e. The molecule has 1 fully saturated rings. The van der Waals surface area contributed by atoms with Gasteiger partial charge in [-0.3, -0.25) is 0 Å². The standard InChI is InChI=1S/C14H20N2OS/c1-16(10-14(7-8-14)9-13(15)18)11-5-3-4-6-12(11)17-2/h3-6H,7-10H2,1-2H3,(H2,15,18). The van der Waals surface area contributed by atoms with Crippen LogP contribution >= 0.6 is 12.2 Å². The quantitative estimate of drug-likeness (QED) is 0.802. The van der Waals surface area contributed by atoms with Crippen molar-refractivity contribution in [1.29, 1.82) is 0 Å². The molecule has 1 saturated carbocycles. The van der Waals surface area contributed by atoms with Crippen LogP contribution in [-0.4, -0.2) is 25.7 Å². The van der Waals surface area contributed by atoms with E-state index in [1.54, 1.807) is 7.11 Å². The molecule has 2 rings (SSSR count). The number of thiocarbonyl (C=S) groups is 1. The van der Waals surface area contributed by atoms with Gasteiger partial charge in [-0.25, -0.2) is 0 Å². The SMILES string of the molecule is COc1ccccc1N(C)CC1(CC(N)=S)CC1. The van der Waals surface area contributed by atoms with Crippen LogP contribution in [0.1, 0.15) is 19.3 Å². The molecular formula is C14H20N2OS. The molecule has 0 bridgehead atoms. The van der Waals surface area contributed by atoms with E-state index in [0.29, 0.717) is 10.4 Å². The maximum atomic E-state index is 5.68. The van der Waals surface area contributed by atoms with Crippen molar-refractivity contribution in [2.45, 2.75) is 19.3 Å². The first-order valence-corrected chi connectivity index (χ1v) is 6.60. The Morgan fingerprint density at radius 1 is 1.44 bits per heavy atom. The highest BCUT2D eigenvalue weighted by molar-refractivity contribution is 7.80. The molecule has 4 heteroatoms. The van der Waals surface area contributed by atoms with Gasteiger partial charge in [-0.05, 0) is 30.4 Å². The first-order chi connectivity index (χ1) is 8.56. The van der Waals surface area contributed by atoms with Gasteiger partial charge in [0, 0.05) is 20.0 Å². The Kier molecular flexibility index (Phi) is 3.76. The maximum Gasteiger partial charge on any atom is 0.142 e. The second-order valence-electron chi connectivity index (χ2n) is 5.17. The highest BCUT2D eigenvalue weighted by Crippen LogP contribution is 2.50. The summed E-state index contributed by atoms with van der Waals surface area (Å²) < 4.78 is 5.39. The molecule has 3 nitrogen and oxygen atoms in total. The van der Waals surface area contributed by atoms with E-state index in [0.717, 1.165) is 24.4 Å². The molecule has 2 N–H and O–H groups in total. The Morgan fingerprint density at radius 2 is 2.11 bits per heavy atom. The number of rotatable bonds is 6. The number of nitrogens with two attached hydrogens (primary N) is 1. The zero-order valence-electron chi connectivity index (χ0n) is 11.0. The molecule has 0 atom stereocenters. The van der Waals surface area contributed by atoms with E-state index in [4.69, 9.17) is 22.7 Å². The predicted molar refractivity (Wildman–Crippen MR) is 79.3 cm³/mol. The summed E-state index contributed by atoms with van der Waals surface area (Å²) in [4.78, 5) is 2.87. The van der Waals surface area contributed by atoms with Gasteiger partial charge in [0.15, 0.2) is 0 Å². The summed E-state index contributed by atoms with van der Waals surface area (Å²) in [6.45, 7) is 0.977. The van der Waals surface area contributed by atoms with Crippen molar-refractivity contribution in [2.24, 2.45) is 11.1 Å². The Balaban J connectivity index is 2.08. The van der Waals surface area contributed by atoms with Gasteiger partial charge in [-0.15, -0.1) is 0 Å². The molecule has 1 aromatic carbocycles. The minimum absolute atomic E-state index is 0.293. The van der Waals surface area contributed by atoms with Crippen molar-refractivity contribution in [1.82, 2.24) is 0 Å². The van der Waals surface area contributed by atoms with Crippen molar-refractivity contribution in [3.8, 4) is 5.75 Å². The summed E-state index contributed by atoms with van der Waals surface area (Å²) in [7, 11) is 3.80. The molecule has 0 aromatic heterocycles. The fourth-order valence-electron chi connectivity index (χ4n) is 2.47. The van der Waals surface area contributed by atoms with Crippen LogP contribution in [0.3, 0.4) is 0 Å². The number of methoxy groups -OCH3 is 1. The lowest BCUT2D eigenvalue weighted by atomic mass is 10.0. The van der Waals surface area contributed by atoms with Crippen molar-refractivity contribution < 1.29 is 4.74 Å². The van der Waals surface area contributed by atoms with Crippen LogP contribution in [-0.2, 0) is 0 Å². The fourth-order valence-corrected chi connectivity index (χ4v) is 2.78. The first kappa shape index (κ1) is 13.1. The van der Waals surface area contributed by atoms with E-state index in [1.165, 1.54) is 12.8 Å². The highest BCUT2D eigenvalue weighted by atomic mass is 32.1. The van der Waals surface area contributed by atoms with Gasteiger partial charge in [0.1, 0.15) is 5.75 Å². The van der Waals surface area contributed by atoms with Gasteiger partial charge in [-0.1, -0.05) is 24.4 Å². The summed E-state index contributed by atoms with van der Waals surface area (Å²) in [5, 5.41) is 0. The van der Waals surface area contributed by atoms with Crippen LogP contribution in [0.5, 0.6) is 5.75 Å². The van der Waals surface area contributed by atoms with Gasteiger partial charge < -0.3 is 15.4 Å². The van der Waals surface area contributed by atoms with E-state index >= 15 is 0 Å². The Morgan fingerprint density at radius 3 is 2.67 bits per heavy atom. The van der Waals surface area contributed by atoms with Gasteiger partial charge in [0.05, 0.1) is 17.8 Å². The topological polar surface area (TPSA) is 38.5 Å². The number of hydrogen-bond donors (Lipinski definition) is 1. The first-order valence-electron chi connectivity index (χ1n) is 6.19. The number of anilines is 1. The van der Waals surface area contributed by atoms with Crippen LogP contribution in [0, 0.1) is 5.41 Å². The van der Waals surface area contributed by atoms with E-state index in [2.05, 4.69) is 18.0 Å². The third kappa shape index (κ3) is 2.93. The molecule has 0 amide bonds. The molecule has 1 aliphatic rings. The molecule has 0 saturated heterocycles. The van der Waals surface area contributed by atoms with Gasteiger partial charge in [0.25, 0.3) is 0 Å². The van der Waals surface area contributed by atoms with Crippen LogP contribution in [0.4, 0.5) is 5.69 Å². The average Bonchev–Trinajstić information content (AvgIpc) is 3.07. The summed E-state index contributed by atoms with van der Waals surface area (Å²) in [6, 6.07) is 8.08. The summed E-state index contributed by atoms with van der Waals surface area (Å²) in [6.07, 6.45) is 3.27. The van der Waals surface area contributed by atoms with Crippen LogP contribution < -0.4 is 15.4 Å². The largest absolute Gasteiger partial charge is 0.495 e. The number of nitrogens with zero attached hydrogens (tertiary/aromatic N) is 1. The molecule has 98 valence electrons. The lowest BCUT2D eigenvalue weighted by Crippen LogP contribution is -2.29. The third-order valence-corrected chi connectivity index (χ3v) is 3.72. The van der Waals surface area contributed by atoms with Crippen LogP contribution in [0.15, 0.2) is 24.3 Å². The van der Waals surface area contributed by atoms with Gasteiger partial charge in [0.2, 0.25) is 0 Å². The molecule has 18 heavy (non-hydrogen) atoms. The monoisotopic (exact) mass is 264 g/mol. The zero-order chi connectivity index (χ0) is 13.2. The van der Waals surface area contributed by atoms with E-state index in [9.17, 15) is 0 Å². The zero-order valence-corrected chi connectivity index (χ0v) is 11.8. The van der Waals surface area contributed by atoms with E-state index < -0.39 is 0 Å². The average molecular weight is 264 g/mol. The number of hydrogen-bond acceptors (Lipinski definition) is 3. The molecule has 0 radical (unpaired) electrons. The van der Waals surface area contributed by atoms with E-state index in [1.807, 2.05) is 18.2 Å². The van der Waals surface area contributed by atoms with Crippen molar-refractivity contribution in [3.63, 3.8) is 0 Å². The Hall–Kier alpha value is -1.29. The van der Waals surface area contributed by atoms with Gasteiger partial charge >= 0.3 is 0 Å². The Labute approximate surface area is 114 Å². The normalized spacial score (nSPS) is 16.1. The summed E-state index contributed by atoms with van der Waals surface area (Å²) >= 11 is 5.04. The van der Waals surface area contributed by atoms with Crippen LogP contribution in [0.25, 0.3) is 0 Å². The molecule has 0 aliphatic heterocycles. The predicted octanol–water partition coefficient (Wildman–Crippen LogP) is 2.59. The minimum Gasteiger partial charge on any atom is -0.495 e. The molecule has 0 heterocycles. The minimum atomic E-state index is 0.293. The third-order valence-electron chi connectivity index (χ3n) is 3.58. The molecule has 0 unspecified atom stereocenters. The highest BCUT2D eigenvalue weighted by Gasteiger charge is 2.43. The number of para-hydroxylation sites is 2. The summed E-state index contributed by atoms with van der Waals surface area (Å²) in [5.41, 5.74) is 7.09. The maximum absolute atomic E-state index is 5.68. The Bertz CT molecular complexity index is 443. The van der Waals surface area contributed by atoms with Crippen molar-refractivity contribution >= 4 is 22.9 Å². The molecule has 0 spiro atoms.